The fourth-order valence-corrected chi connectivity index (χ4v) is 11.2. The zero-order valence-electron chi connectivity index (χ0n) is 26.1. The van der Waals surface area contributed by atoms with Crippen molar-refractivity contribution in [2.45, 2.75) is 95.7 Å². The summed E-state index contributed by atoms with van der Waals surface area (Å²) in [5, 5.41) is 22.4. The zero-order chi connectivity index (χ0) is 31.3. The Morgan fingerprint density at radius 1 is 0.977 bits per heavy atom. The van der Waals surface area contributed by atoms with Gasteiger partial charge >= 0.3 is 6.09 Å². The molecule has 10 atom stereocenters. The number of aromatic nitrogens is 2. The van der Waals surface area contributed by atoms with Gasteiger partial charge in [0.05, 0.1) is 23.7 Å². The standard InChI is InChI=1S/C34H47N3O6S/c1-4-25-28-20-23(38)12-15-34(28,3)27-13-16-33(2)22(8-11-26(33)29(27)30(25)39)14-19-43-32(40)37-44(41,42)24-9-6-21(7-10-24)31-35-17-5-18-36-31/h5-7,9-10,17-18,22-23,25-30,38-39H,4,8,11-16,19-20H2,1-3H3,(H,37,40)/t22-,23-,25-,26+,27+,28+,29+,30-,33-,34-/m1/s1. The maximum Gasteiger partial charge on any atom is 0.421 e. The molecule has 1 aromatic heterocycles. The van der Waals surface area contributed by atoms with Crippen LogP contribution in [0.4, 0.5) is 4.79 Å². The summed E-state index contributed by atoms with van der Waals surface area (Å²) in [5.74, 6) is 2.55. The lowest BCUT2D eigenvalue weighted by atomic mass is 9.41. The minimum Gasteiger partial charge on any atom is -0.449 e. The molecule has 3 N–H and O–H groups in total. The molecule has 0 bridgehead atoms. The Balaban J connectivity index is 1.07. The highest BCUT2D eigenvalue weighted by atomic mass is 32.2. The largest absolute Gasteiger partial charge is 0.449 e. The van der Waals surface area contributed by atoms with Crippen molar-refractivity contribution >= 4 is 16.1 Å². The lowest BCUT2D eigenvalue weighted by molar-refractivity contribution is -0.202. The van der Waals surface area contributed by atoms with Gasteiger partial charge in [-0.05, 0) is 128 Å². The summed E-state index contributed by atoms with van der Waals surface area (Å²) in [6, 6.07) is 7.74. The number of hydrogen-bond donors (Lipinski definition) is 3. The van der Waals surface area contributed by atoms with Crippen LogP contribution in [0.3, 0.4) is 0 Å². The van der Waals surface area contributed by atoms with E-state index in [2.05, 4.69) is 30.7 Å². The lowest BCUT2D eigenvalue weighted by Crippen LogP contribution is -2.62. The molecule has 0 saturated heterocycles. The number of aliphatic hydroxyl groups excluding tert-OH is 2. The van der Waals surface area contributed by atoms with Crippen LogP contribution < -0.4 is 4.72 Å². The van der Waals surface area contributed by atoms with E-state index >= 15 is 0 Å². The highest BCUT2D eigenvalue weighted by Gasteiger charge is 2.64. The molecule has 1 aromatic carbocycles. The van der Waals surface area contributed by atoms with E-state index in [4.69, 9.17) is 4.74 Å². The van der Waals surface area contributed by atoms with Gasteiger partial charge in [-0.1, -0.05) is 27.2 Å². The number of sulfonamides is 1. The zero-order valence-corrected chi connectivity index (χ0v) is 26.9. The number of fused-ring (bicyclic) bond motifs is 5. The van der Waals surface area contributed by atoms with Crippen molar-refractivity contribution in [1.29, 1.82) is 0 Å². The average molecular weight is 626 g/mol. The van der Waals surface area contributed by atoms with Crippen LogP contribution >= 0.6 is 0 Å². The van der Waals surface area contributed by atoms with Crippen molar-refractivity contribution in [2.75, 3.05) is 6.61 Å². The van der Waals surface area contributed by atoms with Crippen LogP contribution in [0.25, 0.3) is 11.4 Å². The molecule has 0 aliphatic heterocycles. The molecule has 4 fully saturated rings. The smallest absolute Gasteiger partial charge is 0.421 e. The van der Waals surface area contributed by atoms with Gasteiger partial charge in [-0.15, -0.1) is 0 Å². The van der Waals surface area contributed by atoms with Gasteiger partial charge in [0.2, 0.25) is 0 Å². The van der Waals surface area contributed by atoms with Crippen molar-refractivity contribution in [3.05, 3.63) is 42.7 Å². The van der Waals surface area contributed by atoms with E-state index in [9.17, 15) is 23.4 Å². The molecule has 4 aliphatic rings. The van der Waals surface area contributed by atoms with E-state index in [1.165, 1.54) is 12.1 Å². The van der Waals surface area contributed by atoms with Gasteiger partial charge in [0, 0.05) is 18.0 Å². The molecule has 44 heavy (non-hydrogen) atoms. The highest BCUT2D eigenvalue weighted by Crippen LogP contribution is 2.69. The molecule has 4 aliphatic carbocycles. The van der Waals surface area contributed by atoms with E-state index in [0.717, 1.165) is 51.4 Å². The average Bonchev–Trinajstić information content (AvgIpc) is 3.34. The number of amides is 1. The summed E-state index contributed by atoms with van der Waals surface area (Å²) in [4.78, 5) is 20.9. The Hall–Kier alpha value is -2.56. The molecular weight excluding hydrogens is 578 g/mol. The predicted molar refractivity (Wildman–Crippen MR) is 166 cm³/mol. The molecule has 240 valence electrons. The summed E-state index contributed by atoms with van der Waals surface area (Å²) < 4.78 is 33.1. The minimum atomic E-state index is -4.09. The molecule has 0 unspecified atom stereocenters. The first-order chi connectivity index (χ1) is 21.0. The minimum absolute atomic E-state index is 0.0446. The van der Waals surface area contributed by atoms with Crippen LogP contribution in [0.1, 0.15) is 78.6 Å². The predicted octanol–water partition coefficient (Wildman–Crippen LogP) is 5.58. The van der Waals surface area contributed by atoms with Gasteiger partial charge in [-0.25, -0.2) is 27.9 Å². The number of carbonyl (C=O) groups excluding carboxylic acids is 1. The molecule has 10 heteroatoms. The van der Waals surface area contributed by atoms with Gasteiger partial charge in [0.1, 0.15) is 0 Å². The second-order valence-corrected chi connectivity index (χ2v) is 16.0. The second-order valence-electron chi connectivity index (χ2n) is 14.3. The van der Waals surface area contributed by atoms with Crippen LogP contribution in [0.15, 0.2) is 47.6 Å². The maximum atomic E-state index is 12.8. The third-order valence-electron chi connectivity index (χ3n) is 12.5. The first-order valence-electron chi connectivity index (χ1n) is 16.4. The number of aliphatic hydroxyl groups is 2. The number of nitrogens with one attached hydrogen (secondary N) is 1. The quantitative estimate of drug-likeness (QED) is 0.363. The number of carbonyl (C=O) groups is 1. The molecule has 6 rings (SSSR count). The van der Waals surface area contributed by atoms with Crippen LogP contribution in [-0.2, 0) is 14.8 Å². The normalized spacial score (nSPS) is 38.2. The Bertz CT molecular complexity index is 1440. The van der Waals surface area contributed by atoms with E-state index < -0.39 is 16.1 Å². The topological polar surface area (TPSA) is 139 Å². The first kappa shape index (κ1) is 31.4. The molecule has 1 amide bonds. The Labute approximate surface area is 261 Å². The van der Waals surface area contributed by atoms with Crippen molar-refractivity contribution < 1.29 is 28.2 Å². The summed E-state index contributed by atoms with van der Waals surface area (Å²) in [6.45, 7) is 7.14. The van der Waals surface area contributed by atoms with Crippen LogP contribution in [0, 0.1) is 46.3 Å². The third-order valence-corrected chi connectivity index (χ3v) is 13.8. The van der Waals surface area contributed by atoms with Crippen LogP contribution in [-0.4, -0.2) is 53.5 Å². The summed E-state index contributed by atoms with van der Waals surface area (Å²) in [5.41, 5.74) is 0.876. The number of ether oxygens (including phenoxy) is 1. The number of rotatable bonds is 7. The van der Waals surface area contributed by atoms with Crippen LogP contribution in [0.2, 0.25) is 0 Å². The van der Waals surface area contributed by atoms with Crippen molar-refractivity contribution in [2.24, 2.45) is 46.3 Å². The molecule has 2 aromatic rings. The van der Waals surface area contributed by atoms with Gasteiger partial charge in [0.15, 0.2) is 5.82 Å². The van der Waals surface area contributed by atoms with E-state index in [1.54, 1.807) is 30.6 Å². The van der Waals surface area contributed by atoms with E-state index in [-0.39, 0.29) is 46.4 Å². The van der Waals surface area contributed by atoms with Gasteiger partial charge in [-0.2, -0.15) is 0 Å². The third kappa shape index (κ3) is 5.45. The summed E-state index contributed by atoms with van der Waals surface area (Å²) >= 11 is 0. The lowest BCUT2D eigenvalue weighted by Gasteiger charge is -2.64. The fourth-order valence-electron chi connectivity index (χ4n) is 10.3. The van der Waals surface area contributed by atoms with Gasteiger partial charge in [-0.3, -0.25) is 0 Å². The maximum absolute atomic E-state index is 12.8. The Kier molecular flexibility index (Phi) is 8.56. The SMILES string of the molecule is CC[C@H]1[C@@H](O)[C@@H]2[C@H](CC[C@]3(C)[C@@H](CCOC(=O)NS(=O)(=O)c4ccc(-c5ncccn5)cc4)CC[C@@H]23)[C@@]2(C)CC[C@@H](O)C[C@@H]12. The fraction of sp³-hybridized carbons (Fsp3) is 0.676. The number of nitrogens with zero attached hydrogens (tertiary/aromatic N) is 2. The van der Waals surface area contributed by atoms with Crippen LogP contribution in [0.5, 0.6) is 0 Å². The first-order valence-corrected chi connectivity index (χ1v) is 17.9. The van der Waals surface area contributed by atoms with Gasteiger partial charge in [0.25, 0.3) is 10.0 Å². The Morgan fingerprint density at radius 3 is 2.36 bits per heavy atom. The van der Waals surface area contributed by atoms with Crippen molar-refractivity contribution in [3.8, 4) is 11.4 Å². The highest BCUT2D eigenvalue weighted by molar-refractivity contribution is 7.90. The van der Waals surface area contributed by atoms with Gasteiger partial charge < -0.3 is 14.9 Å². The monoisotopic (exact) mass is 625 g/mol. The summed E-state index contributed by atoms with van der Waals surface area (Å²) in [6.07, 6.45) is 10.2. The Morgan fingerprint density at radius 2 is 1.66 bits per heavy atom. The molecule has 1 heterocycles. The van der Waals surface area contributed by atoms with Crippen molar-refractivity contribution in [3.63, 3.8) is 0 Å². The molecule has 4 saturated carbocycles. The molecule has 0 radical (unpaired) electrons. The number of hydrogen-bond acceptors (Lipinski definition) is 8. The molecular formula is C34H47N3O6S. The molecule has 0 spiro atoms. The van der Waals surface area contributed by atoms with Crippen molar-refractivity contribution in [1.82, 2.24) is 14.7 Å². The number of benzene rings is 1. The van der Waals surface area contributed by atoms with E-state index in [0.29, 0.717) is 41.5 Å². The molecule has 9 nitrogen and oxygen atoms in total. The summed E-state index contributed by atoms with van der Waals surface area (Å²) in [7, 11) is -4.09. The van der Waals surface area contributed by atoms with E-state index in [1.807, 2.05) is 4.72 Å². The second kappa shape index (κ2) is 12.0.